The van der Waals surface area contributed by atoms with Crippen LogP contribution in [0.1, 0.15) is 34.6 Å². The van der Waals surface area contributed by atoms with E-state index < -0.39 is 6.10 Å². The van der Waals surface area contributed by atoms with Gasteiger partial charge in [0, 0.05) is 12.4 Å². The van der Waals surface area contributed by atoms with Crippen LogP contribution in [0.3, 0.4) is 0 Å². The summed E-state index contributed by atoms with van der Waals surface area (Å²) in [5.41, 5.74) is 2.19. The van der Waals surface area contributed by atoms with Gasteiger partial charge >= 0.3 is 0 Å². The Kier molecular flexibility index (Phi) is 5.36. The molecule has 4 aromatic rings. The number of hydrogen-bond acceptors (Lipinski definition) is 6. The number of nitrogens with one attached hydrogen (secondary N) is 1. The molecule has 0 bridgehead atoms. The second-order valence-corrected chi connectivity index (χ2v) is 6.58. The van der Waals surface area contributed by atoms with Crippen molar-refractivity contribution in [2.75, 3.05) is 7.11 Å². The van der Waals surface area contributed by atoms with Crippen LogP contribution in [0.5, 0.6) is 5.75 Å². The van der Waals surface area contributed by atoms with Gasteiger partial charge in [0.05, 0.1) is 12.8 Å². The number of methoxy groups -OCH3 is 1. The van der Waals surface area contributed by atoms with Gasteiger partial charge in [-0.05, 0) is 48.4 Å². The molecule has 0 aliphatic carbocycles. The molecule has 2 N–H and O–H groups in total. The molecule has 0 spiro atoms. The number of benzene rings is 1. The Morgan fingerprint density at radius 3 is 2.70 bits per heavy atom. The molecule has 0 radical (unpaired) electrons. The van der Waals surface area contributed by atoms with Gasteiger partial charge in [-0.25, -0.2) is 19.3 Å². The Bertz CT molecular complexity index is 1180. The molecule has 1 aromatic carbocycles. The Balaban J connectivity index is 1.52. The molecule has 1 atom stereocenters. The number of nitrogens with zero attached hydrogens (tertiary/aromatic N) is 5. The van der Waals surface area contributed by atoms with Crippen LogP contribution < -0.4 is 4.74 Å². The number of H-pyrrole nitrogens is 1. The highest BCUT2D eigenvalue weighted by Crippen LogP contribution is 2.23. The van der Waals surface area contributed by atoms with E-state index in [9.17, 15) is 9.50 Å². The number of aromatic nitrogens is 6. The standard InChI is InChI=1S/C21H19FN6O2/c1-13-11-28(12-24-13)21-17(30-2)9-14(10-23-21)3-8-18-25-20(27-26-18)19(29)15-4-6-16(22)7-5-15/h3-12,19,29H,1-2H3,(H,25,26,27)/b8-3+/t19-/m1/s1. The monoisotopic (exact) mass is 406 g/mol. The van der Waals surface area contributed by atoms with Crippen LogP contribution in [-0.4, -0.2) is 41.9 Å². The van der Waals surface area contributed by atoms with Gasteiger partial charge in [0.25, 0.3) is 0 Å². The zero-order valence-corrected chi connectivity index (χ0v) is 16.3. The highest BCUT2D eigenvalue weighted by Gasteiger charge is 2.15. The van der Waals surface area contributed by atoms with Crippen molar-refractivity contribution < 1.29 is 14.2 Å². The van der Waals surface area contributed by atoms with Crippen LogP contribution in [0.2, 0.25) is 0 Å². The normalized spacial score (nSPS) is 12.4. The fraction of sp³-hybridized carbons (Fsp3) is 0.143. The lowest BCUT2D eigenvalue weighted by molar-refractivity contribution is 0.210. The summed E-state index contributed by atoms with van der Waals surface area (Å²) < 4.78 is 20.3. The first-order chi connectivity index (χ1) is 14.5. The van der Waals surface area contributed by atoms with Crippen molar-refractivity contribution in [3.63, 3.8) is 0 Å². The Hall–Kier alpha value is -3.85. The summed E-state index contributed by atoms with van der Waals surface area (Å²) in [7, 11) is 1.58. The van der Waals surface area contributed by atoms with Crippen molar-refractivity contribution in [1.29, 1.82) is 0 Å². The van der Waals surface area contributed by atoms with E-state index in [1.807, 2.05) is 19.2 Å². The largest absolute Gasteiger partial charge is 0.493 e. The summed E-state index contributed by atoms with van der Waals surface area (Å²) in [6, 6.07) is 7.41. The van der Waals surface area contributed by atoms with Crippen molar-refractivity contribution >= 4 is 12.2 Å². The number of aromatic amines is 1. The summed E-state index contributed by atoms with van der Waals surface area (Å²) in [5.74, 6) is 1.52. The third-order valence-corrected chi connectivity index (χ3v) is 4.42. The summed E-state index contributed by atoms with van der Waals surface area (Å²) in [5, 5.41) is 17.2. The van der Waals surface area contributed by atoms with Crippen LogP contribution in [0.15, 0.2) is 49.1 Å². The maximum Gasteiger partial charge on any atom is 0.180 e. The van der Waals surface area contributed by atoms with Gasteiger partial charge < -0.3 is 9.84 Å². The second kappa shape index (κ2) is 8.26. The Labute approximate surface area is 171 Å². The molecule has 30 heavy (non-hydrogen) atoms. The molecular weight excluding hydrogens is 387 g/mol. The number of aliphatic hydroxyl groups excluding tert-OH is 1. The first-order valence-corrected chi connectivity index (χ1v) is 9.12. The van der Waals surface area contributed by atoms with Crippen LogP contribution in [0.4, 0.5) is 4.39 Å². The molecule has 152 valence electrons. The molecule has 4 rings (SSSR count). The van der Waals surface area contributed by atoms with E-state index in [4.69, 9.17) is 4.74 Å². The average molecular weight is 406 g/mol. The number of imidazole rings is 1. The zero-order chi connectivity index (χ0) is 21.1. The third kappa shape index (κ3) is 4.11. The molecule has 0 fully saturated rings. The Morgan fingerprint density at radius 2 is 2.00 bits per heavy atom. The van der Waals surface area contributed by atoms with E-state index in [0.29, 0.717) is 23.0 Å². The number of pyridine rings is 1. The zero-order valence-electron chi connectivity index (χ0n) is 16.3. The molecule has 3 heterocycles. The lowest BCUT2D eigenvalue weighted by atomic mass is 10.1. The SMILES string of the molecule is COc1cc(/C=C/c2n[nH]c([C@H](O)c3ccc(F)cc3)n2)cnc1-n1cnc(C)c1. The third-order valence-electron chi connectivity index (χ3n) is 4.42. The summed E-state index contributed by atoms with van der Waals surface area (Å²) in [6.45, 7) is 1.90. The summed E-state index contributed by atoms with van der Waals surface area (Å²) in [4.78, 5) is 12.9. The summed E-state index contributed by atoms with van der Waals surface area (Å²) in [6.07, 6.45) is 7.69. The van der Waals surface area contributed by atoms with Crippen molar-refractivity contribution in [1.82, 2.24) is 29.7 Å². The van der Waals surface area contributed by atoms with Gasteiger partial charge in [0.1, 0.15) is 18.2 Å². The molecule has 8 nitrogen and oxygen atoms in total. The van der Waals surface area contributed by atoms with E-state index in [2.05, 4.69) is 25.1 Å². The fourth-order valence-electron chi connectivity index (χ4n) is 2.88. The number of rotatable bonds is 6. The molecule has 0 unspecified atom stereocenters. The smallest absolute Gasteiger partial charge is 0.180 e. The molecule has 9 heteroatoms. The average Bonchev–Trinajstić information content (AvgIpc) is 3.41. The fourth-order valence-corrected chi connectivity index (χ4v) is 2.88. The summed E-state index contributed by atoms with van der Waals surface area (Å²) >= 11 is 0. The van der Waals surface area contributed by atoms with E-state index >= 15 is 0 Å². The van der Waals surface area contributed by atoms with Gasteiger partial charge in [0.15, 0.2) is 23.2 Å². The molecule has 0 saturated carbocycles. The molecule has 0 aliphatic rings. The molecule has 3 aromatic heterocycles. The van der Waals surface area contributed by atoms with E-state index in [0.717, 1.165) is 11.3 Å². The van der Waals surface area contributed by atoms with Gasteiger partial charge in [-0.1, -0.05) is 12.1 Å². The predicted molar refractivity (Wildman–Crippen MR) is 108 cm³/mol. The van der Waals surface area contributed by atoms with Crippen molar-refractivity contribution in [2.24, 2.45) is 0 Å². The van der Waals surface area contributed by atoms with Crippen LogP contribution in [0, 0.1) is 12.7 Å². The second-order valence-electron chi connectivity index (χ2n) is 6.58. The van der Waals surface area contributed by atoms with E-state index in [1.54, 1.807) is 36.4 Å². The van der Waals surface area contributed by atoms with Crippen LogP contribution in [0.25, 0.3) is 18.0 Å². The molecule has 0 aliphatic heterocycles. The van der Waals surface area contributed by atoms with Gasteiger partial charge in [-0.15, -0.1) is 0 Å². The van der Waals surface area contributed by atoms with Crippen molar-refractivity contribution in [2.45, 2.75) is 13.0 Å². The van der Waals surface area contributed by atoms with Gasteiger partial charge in [-0.3, -0.25) is 9.67 Å². The molecular formula is C21H19FN6O2. The molecule has 0 saturated heterocycles. The minimum atomic E-state index is -1.03. The van der Waals surface area contributed by atoms with Gasteiger partial charge in [0.2, 0.25) is 0 Å². The highest BCUT2D eigenvalue weighted by atomic mass is 19.1. The number of hydrogen-bond donors (Lipinski definition) is 2. The number of aliphatic hydroxyl groups is 1. The lowest BCUT2D eigenvalue weighted by Gasteiger charge is -2.08. The molecule has 0 amide bonds. The maximum atomic E-state index is 13.0. The minimum absolute atomic E-state index is 0.266. The van der Waals surface area contributed by atoms with Crippen molar-refractivity contribution in [3.05, 3.63) is 83.3 Å². The van der Waals surface area contributed by atoms with Crippen LogP contribution >= 0.6 is 0 Å². The van der Waals surface area contributed by atoms with E-state index in [-0.39, 0.29) is 11.6 Å². The first-order valence-electron chi connectivity index (χ1n) is 9.12. The number of ether oxygens (including phenoxy) is 1. The number of aryl methyl sites for hydroxylation is 1. The maximum absolute atomic E-state index is 13.0. The first kappa shape index (κ1) is 19.5. The Morgan fingerprint density at radius 1 is 1.20 bits per heavy atom. The minimum Gasteiger partial charge on any atom is -0.493 e. The van der Waals surface area contributed by atoms with Gasteiger partial charge in [-0.2, -0.15) is 5.10 Å². The topological polar surface area (TPSA) is 102 Å². The predicted octanol–water partition coefficient (Wildman–Crippen LogP) is 3.09. The van der Waals surface area contributed by atoms with Crippen molar-refractivity contribution in [3.8, 4) is 11.6 Å². The quantitative estimate of drug-likeness (QED) is 0.510. The van der Waals surface area contributed by atoms with E-state index in [1.165, 1.54) is 24.3 Å². The lowest BCUT2D eigenvalue weighted by Crippen LogP contribution is -2.02. The van der Waals surface area contributed by atoms with Crippen LogP contribution in [-0.2, 0) is 0 Å². The highest BCUT2D eigenvalue weighted by molar-refractivity contribution is 5.67. The number of halogens is 1.